The molecule has 3 rings (SSSR count). The molecule has 150 valence electrons. The summed E-state index contributed by atoms with van der Waals surface area (Å²) in [4.78, 5) is 40.3. The molecule has 0 unspecified atom stereocenters. The van der Waals surface area contributed by atoms with Crippen LogP contribution in [-0.2, 0) is 25.7 Å². The van der Waals surface area contributed by atoms with E-state index < -0.39 is 18.0 Å². The molecule has 1 heterocycles. The average molecular weight is 412 g/mol. The quantitative estimate of drug-likeness (QED) is 0.449. The van der Waals surface area contributed by atoms with Crippen LogP contribution in [-0.4, -0.2) is 35.4 Å². The zero-order chi connectivity index (χ0) is 20.8. The molecule has 0 fully saturated rings. The summed E-state index contributed by atoms with van der Waals surface area (Å²) in [5, 5.41) is 3.36. The largest absolute Gasteiger partial charge is 0.451 e. The number of anilines is 1. The molecule has 29 heavy (non-hydrogen) atoms. The third kappa shape index (κ3) is 5.46. The number of hydrogen-bond donors (Lipinski definition) is 1. The van der Waals surface area contributed by atoms with Crippen molar-refractivity contribution in [2.24, 2.45) is 0 Å². The minimum atomic E-state index is -1.03. The molecule has 0 radical (unpaired) electrons. The van der Waals surface area contributed by atoms with Gasteiger partial charge in [0, 0.05) is 5.56 Å². The number of rotatable bonds is 8. The number of benzene rings is 2. The van der Waals surface area contributed by atoms with Gasteiger partial charge >= 0.3 is 5.97 Å². The summed E-state index contributed by atoms with van der Waals surface area (Å²) in [6, 6.07) is 14.4. The van der Waals surface area contributed by atoms with Crippen molar-refractivity contribution in [1.29, 1.82) is 0 Å². The smallest absolute Gasteiger partial charge is 0.332 e. The SMILES string of the molecule is CC(=O)c1ccccc1NC(=O)[C@H](C)OC(=O)COCc1nc2ccccc2s1. The van der Waals surface area contributed by atoms with Crippen LogP contribution in [0.2, 0.25) is 0 Å². The molecule has 1 N–H and O–H groups in total. The number of Topliss-reactive ketones (excluding diaryl/α,β-unsaturated/α-hetero) is 1. The molecule has 0 aliphatic rings. The van der Waals surface area contributed by atoms with E-state index in [1.165, 1.54) is 25.2 Å². The molecule has 7 nitrogen and oxygen atoms in total. The Balaban J connectivity index is 1.47. The normalized spacial score (nSPS) is 11.8. The molecule has 1 aromatic heterocycles. The number of esters is 1. The monoisotopic (exact) mass is 412 g/mol. The lowest BCUT2D eigenvalue weighted by molar-refractivity contribution is -0.157. The molecule has 1 atom stereocenters. The van der Waals surface area contributed by atoms with Crippen molar-refractivity contribution in [2.45, 2.75) is 26.6 Å². The Kier molecular flexibility index (Phi) is 6.69. The van der Waals surface area contributed by atoms with E-state index in [4.69, 9.17) is 9.47 Å². The van der Waals surface area contributed by atoms with Crippen molar-refractivity contribution in [1.82, 2.24) is 4.98 Å². The molecule has 0 spiro atoms. The molecule has 0 saturated carbocycles. The van der Waals surface area contributed by atoms with Crippen LogP contribution >= 0.6 is 11.3 Å². The van der Waals surface area contributed by atoms with Crippen LogP contribution in [0.1, 0.15) is 29.2 Å². The number of amides is 1. The molecule has 0 aliphatic heterocycles. The number of carbonyl (C=O) groups excluding carboxylic acids is 3. The molecule has 0 aliphatic carbocycles. The van der Waals surface area contributed by atoms with Crippen LogP contribution in [0.4, 0.5) is 5.69 Å². The third-order valence-corrected chi connectivity index (χ3v) is 5.04. The Labute approximate surface area is 171 Å². The number of para-hydroxylation sites is 2. The molecule has 8 heteroatoms. The second kappa shape index (κ2) is 9.40. The average Bonchev–Trinajstić information content (AvgIpc) is 3.10. The number of aromatic nitrogens is 1. The third-order valence-electron chi connectivity index (χ3n) is 4.03. The van der Waals surface area contributed by atoms with Gasteiger partial charge in [0.2, 0.25) is 0 Å². The molecule has 0 bridgehead atoms. The van der Waals surface area contributed by atoms with Gasteiger partial charge < -0.3 is 14.8 Å². The number of hydrogen-bond acceptors (Lipinski definition) is 7. The first-order chi connectivity index (χ1) is 13.9. The van der Waals surface area contributed by atoms with Gasteiger partial charge in [0.15, 0.2) is 11.9 Å². The maximum atomic E-state index is 12.3. The van der Waals surface area contributed by atoms with Crippen molar-refractivity contribution in [3.05, 3.63) is 59.1 Å². The molecular weight excluding hydrogens is 392 g/mol. The first-order valence-electron chi connectivity index (χ1n) is 8.96. The predicted molar refractivity (Wildman–Crippen MR) is 110 cm³/mol. The van der Waals surface area contributed by atoms with E-state index in [2.05, 4.69) is 10.3 Å². The fourth-order valence-electron chi connectivity index (χ4n) is 2.62. The van der Waals surface area contributed by atoms with Crippen LogP contribution in [0.25, 0.3) is 10.2 Å². The van der Waals surface area contributed by atoms with Crippen molar-refractivity contribution >= 4 is 44.9 Å². The van der Waals surface area contributed by atoms with Gasteiger partial charge in [-0.3, -0.25) is 9.59 Å². The van der Waals surface area contributed by atoms with Gasteiger partial charge in [0.1, 0.15) is 11.6 Å². The lowest BCUT2D eigenvalue weighted by Gasteiger charge is -2.15. The highest BCUT2D eigenvalue weighted by Crippen LogP contribution is 2.22. The number of ether oxygens (including phenoxy) is 2. The van der Waals surface area contributed by atoms with E-state index in [1.54, 1.807) is 24.3 Å². The second-order valence-electron chi connectivity index (χ2n) is 6.29. The Hall–Kier alpha value is -3.10. The van der Waals surface area contributed by atoms with Crippen LogP contribution in [0.5, 0.6) is 0 Å². The van der Waals surface area contributed by atoms with Gasteiger partial charge in [-0.25, -0.2) is 9.78 Å². The van der Waals surface area contributed by atoms with E-state index in [0.29, 0.717) is 11.3 Å². The Morgan fingerprint density at radius 3 is 2.59 bits per heavy atom. The second-order valence-corrected chi connectivity index (χ2v) is 7.41. The van der Waals surface area contributed by atoms with Crippen molar-refractivity contribution in [3.63, 3.8) is 0 Å². The highest BCUT2D eigenvalue weighted by Gasteiger charge is 2.19. The maximum absolute atomic E-state index is 12.3. The van der Waals surface area contributed by atoms with Crippen molar-refractivity contribution in [2.75, 3.05) is 11.9 Å². The molecular formula is C21H20N2O5S. The molecule has 1 amide bonds. The van der Waals surface area contributed by atoms with Gasteiger partial charge in [-0.05, 0) is 38.1 Å². The highest BCUT2D eigenvalue weighted by molar-refractivity contribution is 7.18. The summed E-state index contributed by atoms with van der Waals surface area (Å²) in [5.74, 6) is -1.36. The maximum Gasteiger partial charge on any atom is 0.332 e. The summed E-state index contributed by atoms with van der Waals surface area (Å²) >= 11 is 1.49. The zero-order valence-corrected chi connectivity index (χ0v) is 16.8. The van der Waals surface area contributed by atoms with E-state index in [1.807, 2.05) is 24.3 Å². The summed E-state index contributed by atoms with van der Waals surface area (Å²) in [5.41, 5.74) is 1.65. The standard InChI is InChI=1S/C21H20N2O5S/c1-13(24)15-7-3-4-8-16(15)23-21(26)14(2)28-20(25)12-27-11-19-22-17-9-5-6-10-18(17)29-19/h3-10,14H,11-12H2,1-2H3,(H,23,26)/t14-/m0/s1. The Bertz CT molecular complexity index is 1010. The Morgan fingerprint density at radius 1 is 1.10 bits per heavy atom. The summed E-state index contributed by atoms with van der Waals surface area (Å²) in [6.45, 7) is 2.76. The molecule has 3 aromatic rings. The number of thiazole rings is 1. The van der Waals surface area contributed by atoms with Gasteiger partial charge in [-0.1, -0.05) is 24.3 Å². The molecule has 2 aromatic carbocycles. The van der Waals surface area contributed by atoms with Crippen LogP contribution < -0.4 is 5.32 Å². The number of nitrogens with zero attached hydrogens (tertiary/aromatic N) is 1. The van der Waals surface area contributed by atoms with Crippen molar-refractivity contribution < 1.29 is 23.9 Å². The fraction of sp³-hybridized carbons (Fsp3) is 0.238. The number of fused-ring (bicyclic) bond motifs is 1. The molecule has 0 saturated heterocycles. The number of ketones is 1. The van der Waals surface area contributed by atoms with Crippen LogP contribution in [0, 0.1) is 0 Å². The predicted octanol–water partition coefficient (Wildman–Crippen LogP) is 3.59. The highest BCUT2D eigenvalue weighted by atomic mass is 32.1. The fourth-order valence-corrected chi connectivity index (χ4v) is 3.53. The van der Waals surface area contributed by atoms with Gasteiger partial charge in [-0.2, -0.15) is 0 Å². The number of carbonyl (C=O) groups is 3. The first kappa shape index (κ1) is 20.6. The van der Waals surface area contributed by atoms with Crippen LogP contribution in [0.15, 0.2) is 48.5 Å². The van der Waals surface area contributed by atoms with Crippen molar-refractivity contribution in [3.8, 4) is 0 Å². The van der Waals surface area contributed by atoms with E-state index in [9.17, 15) is 14.4 Å². The minimum absolute atomic E-state index is 0.172. The summed E-state index contributed by atoms with van der Waals surface area (Å²) in [7, 11) is 0. The first-order valence-corrected chi connectivity index (χ1v) is 9.78. The lowest BCUT2D eigenvalue weighted by atomic mass is 10.1. The van der Waals surface area contributed by atoms with E-state index in [-0.39, 0.29) is 19.0 Å². The zero-order valence-electron chi connectivity index (χ0n) is 16.0. The van der Waals surface area contributed by atoms with Gasteiger partial charge in [0.25, 0.3) is 5.91 Å². The Morgan fingerprint density at radius 2 is 1.83 bits per heavy atom. The van der Waals surface area contributed by atoms with Crippen LogP contribution in [0.3, 0.4) is 0 Å². The van der Waals surface area contributed by atoms with Gasteiger partial charge in [0.05, 0.1) is 22.5 Å². The summed E-state index contributed by atoms with van der Waals surface area (Å²) in [6.07, 6.45) is -1.03. The van der Waals surface area contributed by atoms with E-state index >= 15 is 0 Å². The lowest BCUT2D eigenvalue weighted by Crippen LogP contribution is -2.31. The van der Waals surface area contributed by atoms with E-state index in [0.717, 1.165) is 15.2 Å². The summed E-state index contributed by atoms with van der Waals surface area (Å²) < 4.78 is 11.5. The topological polar surface area (TPSA) is 94.6 Å². The number of nitrogens with one attached hydrogen (secondary N) is 1. The minimum Gasteiger partial charge on any atom is -0.451 e. The van der Waals surface area contributed by atoms with Gasteiger partial charge in [-0.15, -0.1) is 11.3 Å².